The molecule has 0 bridgehead atoms. The third kappa shape index (κ3) is 10.7. The number of aliphatic carboxylic acids is 1. The van der Waals surface area contributed by atoms with Crippen LogP contribution in [0, 0.1) is 0 Å². The highest BCUT2D eigenvalue weighted by atomic mass is 16.4. The van der Waals surface area contributed by atoms with Gasteiger partial charge in [0.25, 0.3) is 0 Å². The topological polar surface area (TPSA) is 90.5 Å². The minimum absolute atomic E-state index is 0.134. The van der Waals surface area contributed by atoms with E-state index in [-0.39, 0.29) is 12.3 Å². The van der Waals surface area contributed by atoms with Crippen LogP contribution in [-0.4, -0.2) is 49.7 Å². The molecule has 0 aliphatic heterocycles. The van der Waals surface area contributed by atoms with Gasteiger partial charge in [-0.3, -0.25) is 9.59 Å². The summed E-state index contributed by atoms with van der Waals surface area (Å²) in [5.74, 6) is -0.978. The van der Waals surface area contributed by atoms with E-state index in [4.69, 9.17) is 5.11 Å². The minimum Gasteiger partial charge on any atom is -0.481 e. The van der Waals surface area contributed by atoms with Gasteiger partial charge in [0.2, 0.25) is 5.91 Å². The van der Waals surface area contributed by atoms with Crippen LogP contribution in [-0.2, 0) is 9.59 Å². The van der Waals surface area contributed by atoms with Crippen molar-refractivity contribution >= 4 is 11.9 Å². The molecule has 0 fully saturated rings. The Labute approximate surface area is 95.1 Å². The van der Waals surface area contributed by atoms with Crippen LogP contribution in [0.3, 0.4) is 0 Å². The first-order chi connectivity index (χ1) is 7.66. The standard InChI is InChI=1S/C10H19N3O3/c1-2-9(14)13-8-7-12-6-5-11-4-3-10(15)16/h2,11-12H,1,3-8H2,(H,13,14)(H,15,16). The first-order valence-electron chi connectivity index (χ1n) is 5.20. The van der Waals surface area contributed by atoms with Crippen molar-refractivity contribution in [1.82, 2.24) is 16.0 Å². The maximum atomic E-state index is 10.7. The molecule has 0 atom stereocenters. The Morgan fingerprint density at radius 2 is 1.62 bits per heavy atom. The molecule has 1 amide bonds. The normalized spacial score (nSPS) is 9.75. The van der Waals surface area contributed by atoms with Crippen molar-refractivity contribution in [2.24, 2.45) is 0 Å². The van der Waals surface area contributed by atoms with E-state index in [9.17, 15) is 9.59 Å². The molecule has 4 N–H and O–H groups in total. The van der Waals surface area contributed by atoms with Crippen LogP contribution >= 0.6 is 0 Å². The second-order valence-electron chi connectivity index (χ2n) is 3.14. The molecule has 6 heteroatoms. The van der Waals surface area contributed by atoms with Gasteiger partial charge in [0, 0.05) is 32.7 Å². The van der Waals surface area contributed by atoms with Gasteiger partial charge in [0.05, 0.1) is 6.42 Å². The van der Waals surface area contributed by atoms with Gasteiger partial charge in [-0.2, -0.15) is 0 Å². The monoisotopic (exact) mass is 229 g/mol. The Balaban J connectivity index is 3.07. The second kappa shape index (κ2) is 10.1. The molecule has 6 nitrogen and oxygen atoms in total. The van der Waals surface area contributed by atoms with E-state index < -0.39 is 5.97 Å². The molecule has 0 saturated carbocycles. The van der Waals surface area contributed by atoms with Gasteiger partial charge in [-0.15, -0.1) is 0 Å². The van der Waals surface area contributed by atoms with Crippen LogP contribution < -0.4 is 16.0 Å². The van der Waals surface area contributed by atoms with E-state index >= 15 is 0 Å². The van der Waals surface area contributed by atoms with Gasteiger partial charge in [-0.25, -0.2) is 0 Å². The number of carbonyl (C=O) groups is 2. The molecule has 0 spiro atoms. The van der Waals surface area contributed by atoms with E-state index in [0.717, 1.165) is 6.54 Å². The van der Waals surface area contributed by atoms with Gasteiger partial charge in [-0.1, -0.05) is 6.58 Å². The van der Waals surface area contributed by atoms with Crippen LogP contribution in [0.2, 0.25) is 0 Å². The molecule has 0 aliphatic carbocycles. The van der Waals surface area contributed by atoms with E-state index in [0.29, 0.717) is 26.2 Å². The fraction of sp³-hybridized carbons (Fsp3) is 0.600. The van der Waals surface area contributed by atoms with Crippen LogP contribution in [0.4, 0.5) is 0 Å². The quantitative estimate of drug-likeness (QED) is 0.283. The van der Waals surface area contributed by atoms with Gasteiger partial charge < -0.3 is 21.1 Å². The summed E-state index contributed by atoms with van der Waals surface area (Å²) in [6.07, 6.45) is 1.36. The summed E-state index contributed by atoms with van der Waals surface area (Å²) in [7, 11) is 0. The van der Waals surface area contributed by atoms with E-state index in [1.165, 1.54) is 6.08 Å². The lowest BCUT2D eigenvalue weighted by Gasteiger charge is -2.06. The Morgan fingerprint density at radius 3 is 2.19 bits per heavy atom. The Morgan fingerprint density at radius 1 is 1.06 bits per heavy atom. The van der Waals surface area contributed by atoms with Crippen LogP contribution in [0.15, 0.2) is 12.7 Å². The van der Waals surface area contributed by atoms with E-state index in [2.05, 4.69) is 22.5 Å². The number of hydrogen-bond donors (Lipinski definition) is 4. The van der Waals surface area contributed by atoms with E-state index in [1.54, 1.807) is 0 Å². The third-order valence-electron chi connectivity index (χ3n) is 1.78. The fourth-order valence-electron chi connectivity index (χ4n) is 0.968. The summed E-state index contributed by atoms with van der Waals surface area (Å²) in [6, 6.07) is 0. The van der Waals surface area contributed by atoms with Crippen molar-refractivity contribution in [3.63, 3.8) is 0 Å². The molecule has 0 aromatic rings. The summed E-state index contributed by atoms with van der Waals surface area (Å²) < 4.78 is 0. The zero-order chi connectivity index (χ0) is 12.2. The molecule has 0 saturated heterocycles. The molecule has 92 valence electrons. The Bertz CT molecular complexity index is 231. The van der Waals surface area contributed by atoms with Gasteiger partial charge in [0.1, 0.15) is 0 Å². The highest BCUT2D eigenvalue weighted by Gasteiger charge is 1.95. The van der Waals surface area contributed by atoms with Crippen molar-refractivity contribution in [1.29, 1.82) is 0 Å². The molecular formula is C10H19N3O3. The predicted octanol–water partition coefficient (Wildman–Crippen LogP) is -1.06. The fourth-order valence-corrected chi connectivity index (χ4v) is 0.968. The lowest BCUT2D eigenvalue weighted by molar-refractivity contribution is -0.136. The average molecular weight is 229 g/mol. The number of carboxylic acid groups (broad SMARTS) is 1. The molecule has 0 rings (SSSR count). The minimum atomic E-state index is -0.799. The molecule has 0 aromatic carbocycles. The SMILES string of the molecule is C=CC(=O)NCCNCCNCCC(=O)O. The van der Waals surface area contributed by atoms with Gasteiger partial charge in [-0.05, 0) is 6.08 Å². The summed E-state index contributed by atoms with van der Waals surface area (Å²) >= 11 is 0. The summed E-state index contributed by atoms with van der Waals surface area (Å²) in [6.45, 7) is 6.50. The first kappa shape index (κ1) is 14.6. The molecule has 0 heterocycles. The number of amides is 1. The number of nitrogens with one attached hydrogen (secondary N) is 3. The van der Waals surface area contributed by atoms with E-state index in [1.807, 2.05) is 0 Å². The predicted molar refractivity (Wildman–Crippen MR) is 61.2 cm³/mol. The maximum Gasteiger partial charge on any atom is 0.304 e. The van der Waals surface area contributed by atoms with Gasteiger partial charge in [0.15, 0.2) is 0 Å². The van der Waals surface area contributed by atoms with Crippen LogP contribution in [0.5, 0.6) is 0 Å². The number of rotatable bonds is 10. The van der Waals surface area contributed by atoms with Crippen LogP contribution in [0.25, 0.3) is 0 Å². The zero-order valence-electron chi connectivity index (χ0n) is 9.29. The lowest BCUT2D eigenvalue weighted by Crippen LogP contribution is -2.34. The van der Waals surface area contributed by atoms with Gasteiger partial charge >= 0.3 is 5.97 Å². The van der Waals surface area contributed by atoms with Crippen molar-refractivity contribution < 1.29 is 14.7 Å². The van der Waals surface area contributed by atoms with Crippen molar-refractivity contribution in [2.75, 3.05) is 32.7 Å². The van der Waals surface area contributed by atoms with Crippen molar-refractivity contribution in [2.45, 2.75) is 6.42 Å². The second-order valence-corrected chi connectivity index (χ2v) is 3.14. The molecule has 0 aliphatic rings. The third-order valence-corrected chi connectivity index (χ3v) is 1.78. The molecular weight excluding hydrogens is 210 g/mol. The number of hydrogen-bond acceptors (Lipinski definition) is 4. The Hall–Kier alpha value is -1.40. The summed E-state index contributed by atoms with van der Waals surface area (Å²) in [5.41, 5.74) is 0. The summed E-state index contributed by atoms with van der Waals surface area (Å²) in [5, 5.41) is 17.1. The lowest BCUT2D eigenvalue weighted by atomic mass is 10.4. The molecule has 0 aromatic heterocycles. The molecule has 0 radical (unpaired) electrons. The average Bonchev–Trinajstić information content (AvgIpc) is 2.26. The number of carbonyl (C=O) groups excluding carboxylic acids is 1. The maximum absolute atomic E-state index is 10.7. The molecule has 16 heavy (non-hydrogen) atoms. The number of carboxylic acids is 1. The molecule has 0 unspecified atom stereocenters. The summed E-state index contributed by atoms with van der Waals surface area (Å²) in [4.78, 5) is 20.9. The zero-order valence-corrected chi connectivity index (χ0v) is 9.29. The smallest absolute Gasteiger partial charge is 0.304 e. The Kier molecular flexibility index (Phi) is 9.24. The largest absolute Gasteiger partial charge is 0.481 e. The van der Waals surface area contributed by atoms with Crippen molar-refractivity contribution in [3.05, 3.63) is 12.7 Å². The highest BCUT2D eigenvalue weighted by Crippen LogP contribution is 1.73. The highest BCUT2D eigenvalue weighted by molar-refractivity contribution is 5.86. The first-order valence-corrected chi connectivity index (χ1v) is 5.20. The van der Waals surface area contributed by atoms with Crippen LogP contribution in [0.1, 0.15) is 6.42 Å². The van der Waals surface area contributed by atoms with Crippen molar-refractivity contribution in [3.8, 4) is 0 Å².